The molecule has 0 spiro atoms. The Morgan fingerprint density at radius 1 is 1.30 bits per heavy atom. The van der Waals surface area contributed by atoms with Gasteiger partial charge in [-0.3, -0.25) is 4.90 Å². The number of likely N-dealkylation sites (tertiary alicyclic amines) is 1. The van der Waals surface area contributed by atoms with Gasteiger partial charge in [-0.2, -0.15) is 4.98 Å². The van der Waals surface area contributed by atoms with E-state index in [2.05, 4.69) is 26.7 Å². The van der Waals surface area contributed by atoms with Gasteiger partial charge < -0.3 is 4.52 Å². The molecule has 0 radical (unpaired) electrons. The van der Waals surface area contributed by atoms with E-state index in [1.807, 2.05) is 20.8 Å². The third kappa shape index (κ3) is 4.99. The van der Waals surface area contributed by atoms with Crippen molar-refractivity contribution in [3.63, 3.8) is 0 Å². The molecule has 0 unspecified atom stereocenters. The number of piperidine rings is 1. The SMILES string of the molecule is CCCS(=O)(=O)NC1CCN([C@@H](C)c2nc(C(C)C)no2)CC1. The van der Waals surface area contributed by atoms with E-state index in [0.29, 0.717) is 12.3 Å². The normalized spacial score (nSPS) is 19.3. The fraction of sp³-hybridized carbons (Fsp3) is 0.867. The van der Waals surface area contributed by atoms with Gasteiger partial charge in [0.1, 0.15) is 0 Å². The average Bonchev–Trinajstić information content (AvgIpc) is 2.96. The zero-order valence-corrected chi connectivity index (χ0v) is 15.3. The lowest BCUT2D eigenvalue weighted by molar-refractivity contribution is 0.134. The van der Waals surface area contributed by atoms with Crippen LogP contribution in [-0.4, -0.2) is 48.3 Å². The van der Waals surface area contributed by atoms with Crippen molar-refractivity contribution in [1.29, 1.82) is 0 Å². The molecule has 1 saturated heterocycles. The van der Waals surface area contributed by atoms with E-state index in [0.717, 1.165) is 31.8 Å². The van der Waals surface area contributed by atoms with Crippen LogP contribution >= 0.6 is 0 Å². The van der Waals surface area contributed by atoms with Crippen LogP contribution in [0.1, 0.15) is 70.6 Å². The molecule has 23 heavy (non-hydrogen) atoms. The maximum Gasteiger partial charge on any atom is 0.243 e. The second kappa shape index (κ2) is 7.72. The van der Waals surface area contributed by atoms with Crippen LogP contribution in [0.4, 0.5) is 0 Å². The lowest BCUT2D eigenvalue weighted by atomic mass is 10.0. The molecule has 1 aliphatic rings. The molecule has 1 atom stereocenters. The first-order valence-electron chi connectivity index (χ1n) is 8.40. The van der Waals surface area contributed by atoms with Gasteiger partial charge >= 0.3 is 0 Å². The summed E-state index contributed by atoms with van der Waals surface area (Å²) in [7, 11) is -3.14. The molecule has 1 fully saturated rings. The van der Waals surface area contributed by atoms with E-state index in [1.165, 1.54) is 0 Å². The maximum absolute atomic E-state index is 11.8. The van der Waals surface area contributed by atoms with Crippen LogP contribution in [0, 0.1) is 0 Å². The third-order valence-electron chi connectivity index (χ3n) is 4.23. The molecule has 1 aliphatic heterocycles. The molecule has 0 saturated carbocycles. The van der Waals surface area contributed by atoms with Crippen LogP contribution < -0.4 is 4.72 Å². The molecule has 1 N–H and O–H groups in total. The van der Waals surface area contributed by atoms with Crippen molar-refractivity contribution in [2.24, 2.45) is 0 Å². The third-order valence-corrected chi connectivity index (χ3v) is 5.87. The number of hydrogen-bond acceptors (Lipinski definition) is 6. The lowest BCUT2D eigenvalue weighted by Gasteiger charge is -2.34. The Morgan fingerprint density at radius 3 is 2.48 bits per heavy atom. The first kappa shape index (κ1) is 18.4. The molecule has 0 aromatic carbocycles. The van der Waals surface area contributed by atoms with Gasteiger partial charge in [-0.25, -0.2) is 13.1 Å². The second-order valence-electron chi connectivity index (χ2n) is 6.57. The Morgan fingerprint density at radius 2 is 1.96 bits per heavy atom. The quantitative estimate of drug-likeness (QED) is 0.814. The molecule has 0 bridgehead atoms. The number of sulfonamides is 1. The fourth-order valence-electron chi connectivity index (χ4n) is 2.79. The summed E-state index contributed by atoms with van der Waals surface area (Å²) in [6.07, 6.45) is 2.25. The van der Waals surface area contributed by atoms with Crippen molar-refractivity contribution in [3.8, 4) is 0 Å². The van der Waals surface area contributed by atoms with Crippen molar-refractivity contribution < 1.29 is 12.9 Å². The standard InChI is InChI=1S/C15H28N4O3S/c1-5-10-23(20,21)18-13-6-8-19(9-7-13)12(4)15-16-14(11(2)3)17-22-15/h11-13,18H,5-10H2,1-4H3/t12-/m0/s1. The monoisotopic (exact) mass is 344 g/mol. The van der Waals surface area contributed by atoms with Crippen molar-refractivity contribution >= 4 is 10.0 Å². The summed E-state index contributed by atoms with van der Waals surface area (Å²) in [5, 5.41) is 4.01. The Bertz CT molecular complexity index is 592. The van der Waals surface area contributed by atoms with E-state index >= 15 is 0 Å². The first-order valence-corrected chi connectivity index (χ1v) is 10.0. The van der Waals surface area contributed by atoms with Crippen molar-refractivity contribution in [1.82, 2.24) is 19.8 Å². The van der Waals surface area contributed by atoms with Crippen molar-refractivity contribution in [2.75, 3.05) is 18.8 Å². The minimum atomic E-state index is -3.14. The largest absolute Gasteiger partial charge is 0.338 e. The van der Waals surface area contributed by atoms with Crippen LogP contribution in [-0.2, 0) is 10.0 Å². The predicted molar refractivity (Wildman–Crippen MR) is 88.6 cm³/mol. The zero-order chi connectivity index (χ0) is 17.0. The van der Waals surface area contributed by atoms with Gasteiger partial charge in [0.15, 0.2) is 5.82 Å². The first-order chi connectivity index (χ1) is 10.8. The second-order valence-corrected chi connectivity index (χ2v) is 8.44. The van der Waals surface area contributed by atoms with E-state index in [9.17, 15) is 8.42 Å². The van der Waals surface area contributed by atoms with Gasteiger partial charge in [0, 0.05) is 25.0 Å². The molecule has 0 aliphatic carbocycles. The average molecular weight is 344 g/mol. The Hall–Kier alpha value is -0.990. The number of nitrogens with zero attached hydrogens (tertiary/aromatic N) is 3. The molecule has 132 valence electrons. The highest BCUT2D eigenvalue weighted by Crippen LogP contribution is 2.24. The number of aromatic nitrogens is 2. The molecule has 1 aromatic rings. The molecular weight excluding hydrogens is 316 g/mol. The summed E-state index contributed by atoms with van der Waals surface area (Å²) in [6, 6.07) is 0.0899. The van der Waals surface area contributed by atoms with E-state index < -0.39 is 10.0 Å². The number of hydrogen-bond donors (Lipinski definition) is 1. The van der Waals surface area contributed by atoms with Crippen LogP contribution in [0.15, 0.2) is 4.52 Å². The smallest absolute Gasteiger partial charge is 0.243 e. The van der Waals surface area contributed by atoms with Crippen LogP contribution in [0.2, 0.25) is 0 Å². The summed E-state index contributed by atoms with van der Waals surface area (Å²) in [5.41, 5.74) is 0. The van der Waals surface area contributed by atoms with Gasteiger partial charge in [-0.15, -0.1) is 0 Å². The van der Waals surface area contributed by atoms with Gasteiger partial charge in [0.05, 0.1) is 11.8 Å². The fourth-order valence-corrected chi connectivity index (χ4v) is 4.19. The van der Waals surface area contributed by atoms with Gasteiger partial charge in [-0.05, 0) is 26.2 Å². The van der Waals surface area contributed by atoms with E-state index in [1.54, 1.807) is 0 Å². The van der Waals surface area contributed by atoms with Crippen LogP contribution in [0.5, 0.6) is 0 Å². The number of nitrogens with one attached hydrogen (secondary N) is 1. The predicted octanol–water partition coefficient (Wildman–Crippen LogP) is 2.05. The lowest BCUT2D eigenvalue weighted by Crippen LogP contribution is -2.45. The van der Waals surface area contributed by atoms with Gasteiger partial charge in [0.25, 0.3) is 0 Å². The highest BCUT2D eigenvalue weighted by molar-refractivity contribution is 7.89. The summed E-state index contributed by atoms with van der Waals surface area (Å²) >= 11 is 0. The van der Waals surface area contributed by atoms with Crippen molar-refractivity contribution in [3.05, 3.63) is 11.7 Å². The van der Waals surface area contributed by atoms with Gasteiger partial charge in [0.2, 0.25) is 15.9 Å². The molecule has 8 heteroatoms. The van der Waals surface area contributed by atoms with Crippen LogP contribution in [0.3, 0.4) is 0 Å². The maximum atomic E-state index is 11.8. The molecule has 7 nitrogen and oxygen atoms in total. The molecule has 2 rings (SSSR count). The topological polar surface area (TPSA) is 88.3 Å². The molecule has 2 heterocycles. The summed E-state index contributed by atoms with van der Waals surface area (Å²) in [6.45, 7) is 9.64. The molecule has 1 aromatic heterocycles. The van der Waals surface area contributed by atoms with Gasteiger partial charge in [-0.1, -0.05) is 25.9 Å². The highest BCUT2D eigenvalue weighted by Gasteiger charge is 2.28. The van der Waals surface area contributed by atoms with Crippen LogP contribution in [0.25, 0.3) is 0 Å². The Balaban J connectivity index is 1.88. The summed E-state index contributed by atoms with van der Waals surface area (Å²) in [4.78, 5) is 6.72. The summed E-state index contributed by atoms with van der Waals surface area (Å²) in [5.74, 6) is 1.81. The summed E-state index contributed by atoms with van der Waals surface area (Å²) < 4.78 is 31.9. The Labute approximate surface area is 138 Å². The highest BCUT2D eigenvalue weighted by atomic mass is 32.2. The zero-order valence-electron chi connectivity index (χ0n) is 14.4. The molecular formula is C15H28N4O3S. The van der Waals surface area contributed by atoms with Crippen molar-refractivity contribution in [2.45, 2.75) is 65.0 Å². The minimum Gasteiger partial charge on any atom is -0.338 e. The molecule has 0 amide bonds. The van der Waals surface area contributed by atoms with E-state index in [-0.39, 0.29) is 23.8 Å². The Kier molecular flexibility index (Phi) is 6.16. The minimum absolute atomic E-state index is 0.0314. The van der Waals surface area contributed by atoms with E-state index in [4.69, 9.17) is 4.52 Å². The number of rotatable bonds is 7.